The minimum Gasteiger partial charge on any atom is -0.339 e. The Labute approximate surface area is 143 Å². The van der Waals surface area contributed by atoms with Crippen LogP contribution in [0.4, 0.5) is 4.39 Å². The summed E-state index contributed by atoms with van der Waals surface area (Å²) in [6.07, 6.45) is 0.790. The van der Waals surface area contributed by atoms with E-state index in [0.717, 1.165) is 11.8 Å². The van der Waals surface area contributed by atoms with E-state index in [2.05, 4.69) is 15.1 Å². The molecule has 0 spiro atoms. The van der Waals surface area contributed by atoms with Gasteiger partial charge in [0.05, 0.1) is 22.7 Å². The van der Waals surface area contributed by atoms with Crippen LogP contribution in [-0.2, 0) is 0 Å². The van der Waals surface area contributed by atoms with Crippen molar-refractivity contribution in [2.24, 2.45) is 0 Å². The van der Waals surface area contributed by atoms with Gasteiger partial charge in [0.25, 0.3) is 5.91 Å². The van der Waals surface area contributed by atoms with Crippen molar-refractivity contribution in [3.05, 3.63) is 53.1 Å². The van der Waals surface area contributed by atoms with Crippen LogP contribution in [0.15, 0.2) is 28.8 Å². The molecule has 7 heteroatoms. The fraction of sp³-hybridized carbons (Fsp3) is 0.333. The molecule has 3 heterocycles. The lowest BCUT2D eigenvalue weighted by Crippen LogP contribution is -2.29. The lowest BCUT2D eigenvalue weighted by molar-refractivity contribution is 0.0788. The molecule has 4 rings (SSSR count). The molecule has 0 N–H and O–H groups in total. The van der Waals surface area contributed by atoms with Gasteiger partial charge in [0.2, 0.25) is 5.89 Å². The molecule has 1 saturated heterocycles. The third-order valence-electron chi connectivity index (χ3n) is 4.57. The summed E-state index contributed by atoms with van der Waals surface area (Å²) >= 11 is 0. The molecule has 1 aromatic carbocycles. The van der Waals surface area contributed by atoms with Crippen molar-refractivity contribution in [2.45, 2.75) is 26.2 Å². The summed E-state index contributed by atoms with van der Waals surface area (Å²) in [5.41, 5.74) is 1.69. The molecule has 2 aromatic heterocycles. The van der Waals surface area contributed by atoms with Gasteiger partial charge in [0.15, 0.2) is 5.82 Å². The number of nitrogens with zero attached hydrogens (tertiary/aromatic N) is 4. The summed E-state index contributed by atoms with van der Waals surface area (Å²) in [4.78, 5) is 23.3. The second kappa shape index (κ2) is 5.91. The highest BCUT2D eigenvalue weighted by molar-refractivity contribution is 5.98. The highest BCUT2D eigenvalue weighted by Crippen LogP contribution is 2.28. The molecule has 25 heavy (non-hydrogen) atoms. The van der Waals surface area contributed by atoms with Gasteiger partial charge in [0, 0.05) is 24.5 Å². The van der Waals surface area contributed by atoms with E-state index in [4.69, 9.17) is 4.52 Å². The van der Waals surface area contributed by atoms with Crippen molar-refractivity contribution >= 4 is 16.8 Å². The van der Waals surface area contributed by atoms with Gasteiger partial charge in [-0.25, -0.2) is 4.39 Å². The number of carbonyl (C=O) groups excluding carboxylic acids is 1. The Morgan fingerprint density at radius 1 is 1.28 bits per heavy atom. The van der Waals surface area contributed by atoms with Gasteiger partial charge in [0.1, 0.15) is 5.82 Å². The van der Waals surface area contributed by atoms with E-state index in [1.807, 2.05) is 0 Å². The first-order valence-electron chi connectivity index (χ1n) is 8.17. The standard InChI is InChI=1S/C18H17FN4O2/c1-10-15(7-12-3-4-14(19)8-16(12)20-10)18(24)23-6-5-13(9-23)17-21-11(2)22-25-17/h3-4,7-8,13H,5-6,9H2,1-2H3/t13-/m1/s1. The molecular weight excluding hydrogens is 323 g/mol. The van der Waals surface area contributed by atoms with Gasteiger partial charge < -0.3 is 9.42 Å². The van der Waals surface area contributed by atoms with Crippen molar-refractivity contribution in [3.63, 3.8) is 0 Å². The van der Waals surface area contributed by atoms with E-state index in [9.17, 15) is 9.18 Å². The first-order valence-corrected chi connectivity index (χ1v) is 8.17. The van der Waals surface area contributed by atoms with Crippen LogP contribution < -0.4 is 0 Å². The van der Waals surface area contributed by atoms with Gasteiger partial charge in [-0.1, -0.05) is 5.16 Å². The SMILES string of the molecule is Cc1noc([C@@H]2CCN(C(=O)c3cc4ccc(F)cc4nc3C)C2)n1. The molecule has 0 saturated carbocycles. The quantitative estimate of drug-likeness (QED) is 0.717. The van der Waals surface area contributed by atoms with Gasteiger partial charge in [-0.05, 0) is 38.5 Å². The number of benzene rings is 1. The Hall–Kier alpha value is -2.83. The average molecular weight is 340 g/mol. The Morgan fingerprint density at radius 2 is 2.12 bits per heavy atom. The maximum Gasteiger partial charge on any atom is 0.255 e. The summed E-state index contributed by atoms with van der Waals surface area (Å²) in [5.74, 6) is 0.830. The minimum atomic E-state index is -0.337. The zero-order chi connectivity index (χ0) is 17.6. The lowest BCUT2D eigenvalue weighted by atomic mass is 10.1. The fourth-order valence-corrected chi connectivity index (χ4v) is 3.25. The van der Waals surface area contributed by atoms with Crippen molar-refractivity contribution in [1.82, 2.24) is 20.0 Å². The third-order valence-corrected chi connectivity index (χ3v) is 4.57. The maximum atomic E-state index is 13.3. The molecule has 1 atom stereocenters. The second-order valence-corrected chi connectivity index (χ2v) is 6.37. The molecule has 3 aromatic rings. The van der Waals surface area contributed by atoms with Crippen molar-refractivity contribution < 1.29 is 13.7 Å². The molecule has 1 aliphatic heterocycles. The van der Waals surface area contributed by atoms with E-state index >= 15 is 0 Å². The normalized spacial score (nSPS) is 17.4. The van der Waals surface area contributed by atoms with Crippen LogP contribution in [0.5, 0.6) is 0 Å². The Kier molecular flexibility index (Phi) is 3.71. The predicted molar refractivity (Wildman–Crippen MR) is 88.7 cm³/mol. The summed E-state index contributed by atoms with van der Waals surface area (Å²) in [6.45, 7) is 4.72. The molecule has 1 amide bonds. The lowest BCUT2D eigenvalue weighted by Gasteiger charge is -2.17. The monoisotopic (exact) mass is 340 g/mol. The number of aryl methyl sites for hydroxylation is 2. The number of hydrogen-bond donors (Lipinski definition) is 0. The van der Waals surface area contributed by atoms with E-state index < -0.39 is 0 Å². The number of hydrogen-bond acceptors (Lipinski definition) is 5. The predicted octanol–water partition coefficient (Wildman–Crippen LogP) is 3.00. The first-order chi connectivity index (χ1) is 12.0. The fourth-order valence-electron chi connectivity index (χ4n) is 3.25. The van der Waals surface area contributed by atoms with E-state index in [1.54, 1.807) is 30.9 Å². The molecular formula is C18H17FN4O2. The van der Waals surface area contributed by atoms with Crippen LogP contribution in [0.1, 0.15) is 40.1 Å². The van der Waals surface area contributed by atoms with Crippen LogP contribution in [0, 0.1) is 19.7 Å². The maximum absolute atomic E-state index is 13.3. The Balaban J connectivity index is 1.60. The number of amides is 1. The van der Waals surface area contributed by atoms with Crippen LogP contribution in [0.25, 0.3) is 10.9 Å². The highest BCUT2D eigenvalue weighted by atomic mass is 19.1. The summed E-state index contributed by atoms with van der Waals surface area (Å²) < 4.78 is 18.6. The van der Waals surface area contributed by atoms with Gasteiger partial charge in [-0.3, -0.25) is 9.78 Å². The number of likely N-dealkylation sites (tertiary alicyclic amines) is 1. The largest absolute Gasteiger partial charge is 0.339 e. The molecule has 0 unspecified atom stereocenters. The molecule has 1 fully saturated rings. The number of fused-ring (bicyclic) bond motifs is 1. The van der Waals surface area contributed by atoms with Gasteiger partial charge in [-0.15, -0.1) is 0 Å². The van der Waals surface area contributed by atoms with Crippen LogP contribution >= 0.6 is 0 Å². The van der Waals surface area contributed by atoms with Crippen molar-refractivity contribution in [3.8, 4) is 0 Å². The number of aromatic nitrogens is 3. The molecule has 0 radical (unpaired) electrons. The Morgan fingerprint density at radius 3 is 2.88 bits per heavy atom. The first kappa shape index (κ1) is 15.7. The van der Waals surface area contributed by atoms with E-state index in [1.165, 1.54) is 12.1 Å². The Bertz CT molecular complexity index is 969. The second-order valence-electron chi connectivity index (χ2n) is 6.37. The van der Waals surface area contributed by atoms with Gasteiger partial charge in [-0.2, -0.15) is 4.98 Å². The molecule has 0 bridgehead atoms. The number of rotatable bonds is 2. The summed E-state index contributed by atoms with van der Waals surface area (Å²) in [5, 5.41) is 4.56. The van der Waals surface area contributed by atoms with Crippen molar-refractivity contribution in [1.29, 1.82) is 0 Å². The van der Waals surface area contributed by atoms with Crippen molar-refractivity contribution in [2.75, 3.05) is 13.1 Å². The van der Waals surface area contributed by atoms with Crippen LogP contribution in [0.2, 0.25) is 0 Å². The topological polar surface area (TPSA) is 72.1 Å². The number of halogens is 1. The zero-order valence-electron chi connectivity index (χ0n) is 14.0. The average Bonchev–Trinajstić information content (AvgIpc) is 3.22. The smallest absolute Gasteiger partial charge is 0.255 e. The number of pyridine rings is 1. The highest BCUT2D eigenvalue weighted by Gasteiger charge is 2.32. The molecule has 128 valence electrons. The van der Waals surface area contributed by atoms with Gasteiger partial charge >= 0.3 is 0 Å². The molecule has 6 nitrogen and oxygen atoms in total. The van der Waals surface area contributed by atoms with E-state index in [0.29, 0.717) is 41.6 Å². The molecule has 1 aliphatic rings. The minimum absolute atomic E-state index is 0.0629. The number of carbonyl (C=O) groups is 1. The summed E-state index contributed by atoms with van der Waals surface area (Å²) in [7, 11) is 0. The molecule has 0 aliphatic carbocycles. The van der Waals surface area contributed by atoms with Crippen LogP contribution in [-0.4, -0.2) is 39.0 Å². The van der Waals surface area contributed by atoms with E-state index in [-0.39, 0.29) is 17.6 Å². The summed E-state index contributed by atoms with van der Waals surface area (Å²) in [6, 6.07) is 6.17. The van der Waals surface area contributed by atoms with Crippen LogP contribution in [0.3, 0.4) is 0 Å². The third kappa shape index (κ3) is 2.86. The zero-order valence-corrected chi connectivity index (χ0v) is 14.0.